The third kappa shape index (κ3) is 4.21. The molecule has 0 aliphatic rings. The molecular weight excluding hydrogens is 248 g/mol. The lowest BCUT2D eigenvalue weighted by atomic mass is 10.2. The van der Waals surface area contributed by atoms with Gasteiger partial charge in [-0.1, -0.05) is 49.7 Å². The van der Waals surface area contributed by atoms with Gasteiger partial charge in [-0.15, -0.1) is 5.54 Å². The van der Waals surface area contributed by atoms with Crippen LogP contribution in [-0.4, -0.2) is 8.07 Å². The number of rotatable bonds is 0. The van der Waals surface area contributed by atoms with Crippen molar-refractivity contribution in [2.45, 2.75) is 19.6 Å². The summed E-state index contributed by atoms with van der Waals surface area (Å²) in [7, 11) is -1.39. The monoisotopic (exact) mass is 264 g/mol. The van der Waals surface area contributed by atoms with Gasteiger partial charge in [-0.25, -0.2) is 0 Å². The lowest BCUT2D eigenvalue weighted by molar-refractivity contribution is 0.553. The summed E-state index contributed by atoms with van der Waals surface area (Å²) in [5, 5.41) is 0. The van der Waals surface area contributed by atoms with E-state index in [9.17, 15) is 0 Å². The molecule has 19 heavy (non-hydrogen) atoms. The Morgan fingerprint density at radius 1 is 0.895 bits per heavy atom. The molecule has 0 saturated carbocycles. The summed E-state index contributed by atoms with van der Waals surface area (Å²) >= 11 is 0. The Labute approximate surface area is 115 Å². The van der Waals surface area contributed by atoms with Gasteiger partial charge in [0.05, 0.1) is 11.8 Å². The highest BCUT2D eigenvalue weighted by Gasteiger charge is 2.08. The summed E-state index contributed by atoms with van der Waals surface area (Å²) < 4.78 is 5.39. The first kappa shape index (κ1) is 13.3. The molecule has 0 aliphatic carbocycles. The molecule has 0 unspecified atom stereocenters. The van der Waals surface area contributed by atoms with Gasteiger partial charge in [0.2, 0.25) is 0 Å². The van der Waals surface area contributed by atoms with Crippen LogP contribution in [0.2, 0.25) is 19.6 Å². The molecule has 2 heteroatoms. The van der Waals surface area contributed by atoms with Gasteiger partial charge in [-0.3, -0.25) is 0 Å². The van der Waals surface area contributed by atoms with Crippen molar-refractivity contribution in [3.63, 3.8) is 0 Å². The second-order valence-corrected chi connectivity index (χ2v) is 10.0. The molecule has 94 valence electrons. The van der Waals surface area contributed by atoms with Crippen LogP contribution in [0.4, 0.5) is 0 Å². The van der Waals surface area contributed by atoms with E-state index in [2.05, 4.69) is 42.9 Å². The van der Waals surface area contributed by atoms with Crippen molar-refractivity contribution in [3.8, 4) is 23.3 Å². The van der Waals surface area contributed by atoms with Crippen LogP contribution < -0.4 is 0 Å². The molecule has 2 aromatic rings. The number of hydrogen-bond acceptors (Lipinski definition) is 1. The average molecular weight is 264 g/mol. The first-order chi connectivity index (χ1) is 9.04. The minimum atomic E-state index is -1.39. The first-order valence-corrected chi connectivity index (χ1v) is 9.72. The zero-order chi connectivity index (χ0) is 13.7. The Balaban J connectivity index is 2.26. The Hall–Kier alpha value is -2.16. The van der Waals surface area contributed by atoms with Crippen molar-refractivity contribution >= 4 is 8.07 Å². The van der Waals surface area contributed by atoms with Crippen LogP contribution in [0, 0.1) is 23.3 Å². The summed E-state index contributed by atoms with van der Waals surface area (Å²) in [6, 6.07) is 11.8. The summed E-state index contributed by atoms with van der Waals surface area (Å²) in [6.45, 7) is 6.62. The van der Waals surface area contributed by atoms with Gasteiger partial charge in [0.15, 0.2) is 5.76 Å². The Morgan fingerprint density at radius 2 is 1.63 bits per heavy atom. The summed E-state index contributed by atoms with van der Waals surface area (Å²) in [6.07, 6.45) is 1.64. The van der Waals surface area contributed by atoms with E-state index in [4.69, 9.17) is 4.42 Å². The third-order valence-corrected chi connectivity index (χ3v) is 3.21. The number of benzene rings is 1. The van der Waals surface area contributed by atoms with Crippen LogP contribution in [0.1, 0.15) is 16.9 Å². The van der Waals surface area contributed by atoms with Crippen molar-refractivity contribution < 1.29 is 4.42 Å². The minimum Gasteiger partial charge on any atom is -0.455 e. The highest BCUT2D eigenvalue weighted by molar-refractivity contribution is 6.83. The highest BCUT2D eigenvalue weighted by atomic mass is 28.3. The molecule has 1 aromatic heterocycles. The van der Waals surface area contributed by atoms with Crippen molar-refractivity contribution in [3.05, 3.63) is 59.5 Å². The van der Waals surface area contributed by atoms with Crippen LogP contribution in [0.3, 0.4) is 0 Å². The molecule has 1 aromatic carbocycles. The molecule has 0 amide bonds. The van der Waals surface area contributed by atoms with Gasteiger partial charge >= 0.3 is 0 Å². The smallest absolute Gasteiger partial charge is 0.191 e. The lowest BCUT2D eigenvalue weighted by Crippen LogP contribution is -2.16. The molecule has 2 rings (SSSR count). The molecule has 0 atom stereocenters. The van der Waals surface area contributed by atoms with Gasteiger partial charge < -0.3 is 4.42 Å². The molecule has 1 heterocycles. The normalized spacial score (nSPS) is 10.1. The van der Waals surface area contributed by atoms with Crippen LogP contribution in [0.15, 0.2) is 47.1 Å². The molecule has 0 fully saturated rings. The quantitative estimate of drug-likeness (QED) is 0.519. The molecule has 0 radical (unpaired) electrons. The molecule has 0 spiro atoms. The van der Waals surface area contributed by atoms with E-state index in [1.807, 2.05) is 36.4 Å². The first-order valence-electron chi connectivity index (χ1n) is 6.22. The SMILES string of the molecule is C[Si](C)(C)C#Cc1occc1C#Cc1ccccc1. The molecule has 0 N–H and O–H groups in total. The van der Waals surface area contributed by atoms with Crippen molar-refractivity contribution in [2.24, 2.45) is 0 Å². The standard InChI is InChI=1S/C17H16OSi/c1-19(2,3)14-12-17-16(11-13-18-17)10-9-15-7-5-4-6-8-15/h4-8,11,13H,1-3H3. The summed E-state index contributed by atoms with van der Waals surface area (Å²) in [5.41, 5.74) is 5.14. The van der Waals surface area contributed by atoms with Gasteiger partial charge in [0, 0.05) is 5.56 Å². The van der Waals surface area contributed by atoms with E-state index < -0.39 is 8.07 Å². The summed E-state index contributed by atoms with van der Waals surface area (Å²) in [5.74, 6) is 10.0. The van der Waals surface area contributed by atoms with E-state index in [-0.39, 0.29) is 0 Å². The van der Waals surface area contributed by atoms with Gasteiger partial charge in [-0.2, -0.15) is 0 Å². The topological polar surface area (TPSA) is 13.1 Å². The molecule has 0 bridgehead atoms. The maximum absolute atomic E-state index is 5.39. The predicted molar refractivity (Wildman–Crippen MR) is 81.4 cm³/mol. The van der Waals surface area contributed by atoms with E-state index in [1.54, 1.807) is 6.26 Å². The fourth-order valence-corrected chi connectivity index (χ4v) is 1.90. The van der Waals surface area contributed by atoms with Gasteiger partial charge in [0.1, 0.15) is 8.07 Å². The maximum atomic E-state index is 5.39. The van der Waals surface area contributed by atoms with Crippen molar-refractivity contribution in [1.82, 2.24) is 0 Å². The van der Waals surface area contributed by atoms with Gasteiger partial charge in [-0.05, 0) is 24.1 Å². The fraction of sp³-hybridized carbons (Fsp3) is 0.176. The maximum Gasteiger partial charge on any atom is 0.191 e. The predicted octanol–water partition coefficient (Wildman–Crippen LogP) is 3.91. The largest absolute Gasteiger partial charge is 0.455 e. The molecular formula is C17H16OSi. The van der Waals surface area contributed by atoms with Crippen LogP contribution in [0.5, 0.6) is 0 Å². The summed E-state index contributed by atoms with van der Waals surface area (Å²) in [4.78, 5) is 0. The fourth-order valence-electron chi connectivity index (χ4n) is 1.41. The van der Waals surface area contributed by atoms with E-state index in [0.717, 1.165) is 11.1 Å². The van der Waals surface area contributed by atoms with Crippen molar-refractivity contribution in [2.75, 3.05) is 0 Å². The second-order valence-electron chi connectivity index (χ2n) is 5.28. The van der Waals surface area contributed by atoms with Crippen LogP contribution in [-0.2, 0) is 0 Å². The Bertz CT molecular complexity index is 667. The van der Waals surface area contributed by atoms with Crippen molar-refractivity contribution in [1.29, 1.82) is 0 Å². The highest BCUT2D eigenvalue weighted by Crippen LogP contribution is 2.09. The number of hydrogen-bond donors (Lipinski definition) is 0. The Kier molecular flexibility index (Phi) is 3.95. The third-order valence-electron chi connectivity index (χ3n) is 2.33. The Morgan fingerprint density at radius 3 is 2.32 bits per heavy atom. The second kappa shape index (κ2) is 5.65. The van der Waals surface area contributed by atoms with Crippen LogP contribution >= 0.6 is 0 Å². The number of furan rings is 1. The molecule has 0 saturated heterocycles. The lowest BCUT2D eigenvalue weighted by Gasteiger charge is -2.02. The zero-order valence-electron chi connectivity index (χ0n) is 11.4. The van der Waals surface area contributed by atoms with E-state index in [0.29, 0.717) is 5.76 Å². The van der Waals surface area contributed by atoms with E-state index >= 15 is 0 Å². The minimum absolute atomic E-state index is 0.672. The average Bonchev–Trinajstić information content (AvgIpc) is 2.82. The zero-order valence-corrected chi connectivity index (χ0v) is 12.4. The van der Waals surface area contributed by atoms with Crippen LogP contribution in [0.25, 0.3) is 0 Å². The van der Waals surface area contributed by atoms with E-state index in [1.165, 1.54) is 0 Å². The van der Waals surface area contributed by atoms with Gasteiger partial charge in [0.25, 0.3) is 0 Å². The molecule has 0 aliphatic heterocycles. The molecule has 1 nitrogen and oxygen atoms in total.